The van der Waals surface area contributed by atoms with Crippen LogP contribution in [0.1, 0.15) is 94.0 Å². The zero-order chi connectivity index (χ0) is 30.3. The maximum absolute atomic E-state index is 13.0. The van der Waals surface area contributed by atoms with E-state index in [0.29, 0.717) is 0 Å². The molecule has 0 unspecified atom stereocenters. The number of carboxylic acids is 6. The van der Waals surface area contributed by atoms with Gasteiger partial charge < -0.3 is 46.8 Å². The predicted molar refractivity (Wildman–Crippen MR) is 123 cm³/mol. The lowest BCUT2D eigenvalue weighted by atomic mass is 9.89. The molecule has 0 atom stereocenters. The first-order valence-corrected chi connectivity index (χ1v) is 9.96. The highest BCUT2D eigenvalue weighted by Gasteiger charge is 2.37. The van der Waals surface area contributed by atoms with Crippen LogP contribution in [0.4, 0.5) is 11.4 Å². The molecule has 0 saturated heterocycles. The monoisotopic (exact) mass is 548 g/mol. The topological polar surface area (TPSA) is 319 Å². The number of nitrogens with two attached hydrogens (primary N) is 2. The molecule has 2 aromatic carbocycles. The number of nitrogen functional groups attached to an aromatic ring is 2. The molecule has 0 spiro atoms. The van der Waals surface area contributed by atoms with E-state index < -0.39 is 115 Å². The first kappa shape index (κ1) is 29.2. The summed E-state index contributed by atoms with van der Waals surface area (Å²) in [6, 6.07) is 0. The van der Waals surface area contributed by atoms with Gasteiger partial charge in [-0.2, -0.15) is 0 Å². The number of esters is 2. The summed E-state index contributed by atoms with van der Waals surface area (Å²) in [6.45, 7) is 1.61. The molecule has 0 fully saturated rings. The molecule has 0 aliphatic heterocycles. The molecule has 2 aromatic rings. The van der Waals surface area contributed by atoms with Gasteiger partial charge in [-0.3, -0.25) is 0 Å². The number of rotatable bonds is 8. The van der Waals surface area contributed by atoms with Gasteiger partial charge in [0.25, 0.3) is 0 Å². The smallest absolute Gasteiger partial charge is 0.347 e. The first-order valence-electron chi connectivity index (χ1n) is 9.96. The largest absolute Gasteiger partial charge is 0.478 e. The number of carbonyl (C=O) groups excluding carboxylic acids is 2. The fourth-order valence-corrected chi connectivity index (χ4v) is 3.91. The number of carbonyl (C=O) groups is 8. The van der Waals surface area contributed by atoms with Gasteiger partial charge in [0.2, 0.25) is 0 Å². The summed E-state index contributed by atoms with van der Waals surface area (Å²) in [5.41, 5.74) is -2.48. The quantitative estimate of drug-likeness (QED) is 0.127. The minimum atomic E-state index is -2.04. The summed E-state index contributed by atoms with van der Waals surface area (Å²) in [5, 5.41) is 56.8. The number of anilines is 2. The van der Waals surface area contributed by atoms with Gasteiger partial charge in [0.1, 0.15) is 0 Å². The zero-order valence-corrected chi connectivity index (χ0v) is 19.5. The third kappa shape index (κ3) is 4.73. The van der Waals surface area contributed by atoms with Crippen LogP contribution in [0, 0.1) is 13.8 Å². The minimum absolute atomic E-state index is 0.805. The van der Waals surface area contributed by atoms with E-state index in [4.69, 9.17) is 11.5 Å². The van der Waals surface area contributed by atoms with Crippen LogP contribution < -0.4 is 11.5 Å². The molecule has 0 heterocycles. The van der Waals surface area contributed by atoms with Gasteiger partial charge in [-0.15, -0.1) is 0 Å². The van der Waals surface area contributed by atoms with Gasteiger partial charge >= 0.3 is 47.8 Å². The Balaban J connectivity index is 2.92. The molecule has 10 N–H and O–H groups in total. The van der Waals surface area contributed by atoms with Gasteiger partial charge in [0, 0.05) is 0 Å². The molecule has 0 bridgehead atoms. The molecule has 0 radical (unpaired) electrons. The number of aromatic carboxylic acids is 6. The van der Waals surface area contributed by atoms with E-state index in [2.05, 4.69) is 4.74 Å². The van der Waals surface area contributed by atoms with Crippen molar-refractivity contribution in [2.45, 2.75) is 13.8 Å². The van der Waals surface area contributed by atoms with Crippen LogP contribution >= 0.6 is 0 Å². The maximum Gasteiger partial charge on any atom is 0.347 e. The van der Waals surface area contributed by atoms with Gasteiger partial charge in [-0.05, 0) is 25.0 Å². The van der Waals surface area contributed by atoms with E-state index in [-0.39, 0.29) is 0 Å². The van der Waals surface area contributed by atoms with E-state index in [1.54, 1.807) is 0 Å². The summed E-state index contributed by atoms with van der Waals surface area (Å²) in [6.07, 6.45) is 0. The summed E-state index contributed by atoms with van der Waals surface area (Å²) >= 11 is 0. The van der Waals surface area contributed by atoms with Crippen molar-refractivity contribution in [2.24, 2.45) is 0 Å². The molecule has 0 aliphatic rings. The standard InChI is InChI=1S/C22H16N2O15/c1-3-5(15(25)26)9(17(29)30)13(23)11(19(33)34)7(3)21(37)39-22(38)8-4(2)6(16(27)28)10(18(31)32)14(24)12(8)20(35)36/h23-24H2,1-2H3,(H,25,26)(H,27,28)(H,29,30)(H,31,32)(H,33,34)(H,35,36). The number of ether oxygens (including phenoxy) is 1. The first-order chi connectivity index (χ1) is 17.9. The Morgan fingerprint density at radius 2 is 0.641 bits per heavy atom. The molecule has 0 aromatic heterocycles. The lowest BCUT2D eigenvalue weighted by Crippen LogP contribution is -2.26. The van der Waals surface area contributed by atoms with E-state index in [0.717, 1.165) is 13.8 Å². The van der Waals surface area contributed by atoms with Crippen molar-refractivity contribution < 1.29 is 73.7 Å². The predicted octanol–water partition coefficient (Wildman–Crippen LogP) is 0.654. The summed E-state index contributed by atoms with van der Waals surface area (Å²) in [7, 11) is 0. The Morgan fingerprint density at radius 3 is 0.846 bits per heavy atom. The molecule has 0 saturated carbocycles. The Hall–Kier alpha value is -6.00. The summed E-state index contributed by atoms with van der Waals surface area (Å²) < 4.78 is 4.55. The highest BCUT2D eigenvalue weighted by atomic mass is 16.6. The Labute approximate surface area is 214 Å². The second kappa shape index (κ2) is 10.2. The summed E-state index contributed by atoms with van der Waals surface area (Å²) in [4.78, 5) is 96.2. The Bertz CT molecular complexity index is 1450. The summed E-state index contributed by atoms with van der Waals surface area (Å²) in [5.74, 6) is -15.8. The Kier molecular flexibility index (Phi) is 7.62. The molecule has 0 aliphatic carbocycles. The van der Waals surface area contributed by atoms with Crippen LogP contribution in [0.25, 0.3) is 0 Å². The van der Waals surface area contributed by atoms with Crippen LogP contribution in [0.5, 0.6) is 0 Å². The van der Waals surface area contributed by atoms with Gasteiger partial charge in [-0.1, -0.05) is 0 Å². The zero-order valence-electron chi connectivity index (χ0n) is 19.5. The average molecular weight is 548 g/mol. The van der Waals surface area contributed by atoms with Crippen molar-refractivity contribution >= 4 is 59.1 Å². The third-order valence-electron chi connectivity index (χ3n) is 5.45. The lowest BCUT2D eigenvalue weighted by molar-refractivity contribution is 0.0384. The van der Waals surface area contributed by atoms with Crippen molar-refractivity contribution in [2.75, 3.05) is 11.5 Å². The van der Waals surface area contributed by atoms with E-state index >= 15 is 0 Å². The van der Waals surface area contributed by atoms with Gasteiger partial charge in [0.15, 0.2) is 0 Å². The van der Waals surface area contributed by atoms with Crippen LogP contribution in [0.2, 0.25) is 0 Å². The number of hydrogen-bond donors (Lipinski definition) is 8. The molecule has 39 heavy (non-hydrogen) atoms. The molecule has 17 nitrogen and oxygen atoms in total. The van der Waals surface area contributed by atoms with Crippen LogP contribution in [0.3, 0.4) is 0 Å². The fourth-order valence-electron chi connectivity index (χ4n) is 3.91. The molecule has 204 valence electrons. The molecule has 0 amide bonds. The Morgan fingerprint density at radius 1 is 0.436 bits per heavy atom. The van der Waals surface area contributed by atoms with Crippen LogP contribution in [-0.2, 0) is 4.74 Å². The normalized spacial score (nSPS) is 10.4. The van der Waals surface area contributed by atoms with Crippen molar-refractivity contribution in [3.63, 3.8) is 0 Å². The van der Waals surface area contributed by atoms with Crippen LogP contribution in [-0.4, -0.2) is 78.4 Å². The average Bonchev–Trinajstić information content (AvgIpc) is 2.78. The highest BCUT2D eigenvalue weighted by Crippen LogP contribution is 2.34. The fraction of sp³-hybridized carbons (Fsp3) is 0.0909. The van der Waals surface area contributed by atoms with E-state index in [9.17, 15) is 69.0 Å². The van der Waals surface area contributed by atoms with Crippen molar-refractivity contribution in [1.29, 1.82) is 0 Å². The van der Waals surface area contributed by atoms with Crippen LogP contribution in [0.15, 0.2) is 0 Å². The van der Waals surface area contributed by atoms with E-state index in [1.807, 2.05) is 0 Å². The second-order valence-corrected chi connectivity index (χ2v) is 7.59. The van der Waals surface area contributed by atoms with Gasteiger partial charge in [-0.25, -0.2) is 38.4 Å². The van der Waals surface area contributed by atoms with Gasteiger partial charge in [0.05, 0.1) is 55.9 Å². The number of hydrogen-bond acceptors (Lipinski definition) is 11. The third-order valence-corrected chi connectivity index (χ3v) is 5.45. The van der Waals surface area contributed by atoms with Crippen molar-refractivity contribution in [1.82, 2.24) is 0 Å². The number of benzene rings is 2. The molecule has 2 rings (SSSR count). The minimum Gasteiger partial charge on any atom is -0.478 e. The SMILES string of the molecule is Cc1c(C(=O)O)c(C(=O)O)c(N)c(C(=O)O)c1C(=O)OC(=O)c1c(C)c(C(=O)O)c(C(=O)O)c(N)c1C(=O)O. The second-order valence-electron chi connectivity index (χ2n) is 7.59. The highest BCUT2D eigenvalue weighted by molar-refractivity contribution is 6.20. The molecule has 17 heteroatoms. The van der Waals surface area contributed by atoms with Crippen molar-refractivity contribution in [3.05, 3.63) is 55.6 Å². The van der Waals surface area contributed by atoms with E-state index in [1.165, 1.54) is 0 Å². The number of carboxylic acid groups (broad SMARTS) is 6. The lowest BCUT2D eigenvalue weighted by Gasteiger charge is -2.18. The molecular formula is C22H16N2O15. The van der Waals surface area contributed by atoms with Crippen molar-refractivity contribution in [3.8, 4) is 0 Å². The molecular weight excluding hydrogens is 532 g/mol. The maximum atomic E-state index is 13.0.